The van der Waals surface area contributed by atoms with Gasteiger partial charge in [0.15, 0.2) is 23.0 Å². The Bertz CT molecular complexity index is 3070. The van der Waals surface area contributed by atoms with Crippen molar-refractivity contribution in [2.24, 2.45) is 0 Å². The number of aromatic nitrogens is 4. The minimum atomic E-state index is -0.823. The molecule has 20 nitrogen and oxygen atoms in total. The minimum Gasteiger partial charge on any atom is -0.466 e. The Labute approximate surface area is 453 Å². The third-order valence-electron chi connectivity index (χ3n) is 13.3. The third-order valence-corrected chi connectivity index (χ3v) is 13.3. The molecule has 2 atom stereocenters. The lowest BCUT2D eigenvalue weighted by Crippen LogP contribution is -2.49. The molecule has 6 aromatic rings. The fourth-order valence-electron chi connectivity index (χ4n) is 9.21. The highest BCUT2D eigenvalue weighted by atomic mass is 16.7. The molecule has 0 aliphatic carbocycles. The second kappa shape index (κ2) is 26.9. The molecule has 78 heavy (non-hydrogen) atoms. The molecule has 4 amide bonds. The second-order valence-corrected chi connectivity index (χ2v) is 18.5. The van der Waals surface area contributed by atoms with Crippen LogP contribution < -0.4 is 39.4 Å². The molecule has 0 fully saturated rings. The zero-order valence-corrected chi connectivity index (χ0v) is 45.5. The maximum atomic E-state index is 13.7. The summed E-state index contributed by atoms with van der Waals surface area (Å²) in [5, 5.41) is 14.9. The van der Waals surface area contributed by atoms with Crippen molar-refractivity contribution in [1.29, 1.82) is 0 Å². The molecule has 0 saturated heterocycles. The molecule has 0 bridgehead atoms. The molecular weight excluding hydrogens is 1000 g/mol. The number of nitrogens with one attached hydrogen (secondary N) is 2. The van der Waals surface area contributed by atoms with Gasteiger partial charge in [0.05, 0.1) is 37.4 Å². The zero-order chi connectivity index (χ0) is 55.9. The van der Waals surface area contributed by atoms with E-state index in [4.69, 9.17) is 28.4 Å². The van der Waals surface area contributed by atoms with Crippen molar-refractivity contribution >= 4 is 46.9 Å². The summed E-state index contributed by atoms with van der Waals surface area (Å²) < 4.78 is 35.0. The van der Waals surface area contributed by atoms with Crippen LogP contribution in [0.3, 0.4) is 0 Å². The summed E-state index contributed by atoms with van der Waals surface area (Å²) in [6.45, 7) is 11.7. The fourth-order valence-corrected chi connectivity index (χ4v) is 9.21. The van der Waals surface area contributed by atoms with Gasteiger partial charge in [0.2, 0.25) is 37.2 Å². The molecule has 4 aromatic carbocycles. The quantitative estimate of drug-likeness (QED) is 0.0750. The molecule has 0 spiro atoms. The Kier molecular flexibility index (Phi) is 19.7. The lowest BCUT2D eigenvalue weighted by Gasteiger charge is -2.25. The third kappa shape index (κ3) is 14.4. The average Bonchev–Trinajstić information content (AvgIpc) is 4.25. The van der Waals surface area contributed by atoms with E-state index in [1.165, 1.54) is 9.80 Å². The van der Waals surface area contributed by atoms with Gasteiger partial charge in [-0.05, 0) is 75.9 Å². The van der Waals surface area contributed by atoms with Crippen LogP contribution in [0.15, 0.2) is 97.1 Å². The van der Waals surface area contributed by atoms with Crippen LogP contribution in [0, 0.1) is 13.8 Å². The highest BCUT2D eigenvalue weighted by Gasteiger charge is 2.30. The van der Waals surface area contributed by atoms with Crippen LogP contribution in [0.1, 0.15) is 72.7 Å². The summed E-state index contributed by atoms with van der Waals surface area (Å²) in [5.41, 5.74) is 7.53. The van der Waals surface area contributed by atoms with E-state index in [0.717, 1.165) is 39.3 Å². The second-order valence-electron chi connectivity index (χ2n) is 18.5. The number of carbonyl (C=O) groups is 6. The lowest BCUT2D eigenvalue weighted by molar-refractivity contribution is -0.143. The predicted octanol–water partition coefficient (Wildman–Crippen LogP) is 5.96. The van der Waals surface area contributed by atoms with E-state index in [-0.39, 0.29) is 75.1 Å². The standard InChI is InChI=1S/2C29H34N4O6/c1-5-24-22(16-28(35)37-6-2)19(3)31-33(24)17-27(34)30-23(14-20-10-8-7-9-11-20)29(36)32(4)21-12-13-25-26(15-21)39-18-38-25;1-5-23-22(16-28(35)37-6-2)19(3)33(31-23)17-27(34)30-24(14-20-10-8-7-9-11-20)29(36)32(4)21-12-13-25-26(15-21)39-18-38-25/h7-13,15,23H,5-6,14,16-18H2,1-4H3,(H,30,34);7-13,15,24H,5-6,14,16-18H2,1-4H3,(H,30,34)/t23-;24-/m00/s1. The molecule has 2 N–H and O–H groups in total. The number of fused-ring (bicyclic) bond motifs is 2. The first-order valence-electron chi connectivity index (χ1n) is 26.0. The van der Waals surface area contributed by atoms with Gasteiger partial charge in [-0.2, -0.15) is 10.2 Å². The number of ether oxygens (including phenoxy) is 6. The van der Waals surface area contributed by atoms with Crippen LogP contribution in [0.5, 0.6) is 23.0 Å². The highest BCUT2D eigenvalue weighted by molar-refractivity contribution is 6.00. The smallest absolute Gasteiger partial charge is 0.310 e. The number of hydrogen-bond acceptors (Lipinski definition) is 14. The van der Waals surface area contributed by atoms with E-state index in [0.29, 0.717) is 79.0 Å². The molecule has 4 heterocycles. The monoisotopic (exact) mass is 1070 g/mol. The maximum absolute atomic E-state index is 13.7. The summed E-state index contributed by atoms with van der Waals surface area (Å²) in [6.07, 6.45) is 2.02. The summed E-state index contributed by atoms with van der Waals surface area (Å²) in [7, 11) is 3.33. The van der Waals surface area contributed by atoms with Crippen molar-refractivity contribution in [3.8, 4) is 23.0 Å². The molecule has 412 valence electrons. The number of aryl methyl sites for hydroxylation is 2. The molecule has 0 radical (unpaired) electrons. The Morgan fingerprint density at radius 3 is 1.47 bits per heavy atom. The number of nitrogens with zero attached hydrogens (tertiary/aromatic N) is 6. The molecule has 2 aliphatic heterocycles. The van der Waals surface area contributed by atoms with Crippen molar-refractivity contribution in [1.82, 2.24) is 30.2 Å². The molecule has 0 saturated carbocycles. The Morgan fingerprint density at radius 1 is 0.577 bits per heavy atom. The number of rotatable bonds is 22. The Balaban J connectivity index is 0.000000226. The van der Waals surface area contributed by atoms with E-state index >= 15 is 0 Å². The average molecular weight is 1070 g/mol. The molecular formula is C58H68N8O12. The highest BCUT2D eigenvalue weighted by Crippen LogP contribution is 2.36. The maximum Gasteiger partial charge on any atom is 0.310 e. The van der Waals surface area contributed by atoms with Crippen LogP contribution in [0.4, 0.5) is 11.4 Å². The van der Waals surface area contributed by atoms with Gasteiger partial charge >= 0.3 is 11.9 Å². The van der Waals surface area contributed by atoms with Crippen molar-refractivity contribution in [2.45, 2.75) is 105 Å². The normalized spacial score (nSPS) is 12.6. The molecule has 0 unspecified atom stereocenters. The molecule has 20 heteroatoms. The summed E-state index contributed by atoms with van der Waals surface area (Å²) >= 11 is 0. The van der Waals surface area contributed by atoms with E-state index in [9.17, 15) is 28.8 Å². The fraction of sp³-hybridized carbons (Fsp3) is 0.379. The van der Waals surface area contributed by atoms with Gasteiger partial charge in [-0.3, -0.25) is 38.1 Å². The van der Waals surface area contributed by atoms with Crippen LogP contribution in [-0.4, -0.2) is 108 Å². The van der Waals surface area contributed by atoms with Gasteiger partial charge in [-0.15, -0.1) is 0 Å². The number of carbonyl (C=O) groups excluding carboxylic acids is 6. The first kappa shape index (κ1) is 57.0. The number of likely N-dealkylation sites (N-methyl/N-ethyl adjacent to an activating group) is 2. The van der Waals surface area contributed by atoms with Crippen molar-refractivity contribution < 1.29 is 57.2 Å². The number of benzene rings is 4. The zero-order valence-electron chi connectivity index (χ0n) is 45.5. The Hall–Kier alpha value is -8.68. The van der Waals surface area contributed by atoms with Crippen LogP contribution in [0.2, 0.25) is 0 Å². The van der Waals surface area contributed by atoms with Gasteiger partial charge in [-0.25, -0.2) is 0 Å². The summed E-state index contributed by atoms with van der Waals surface area (Å²) in [4.78, 5) is 81.1. The van der Waals surface area contributed by atoms with Gasteiger partial charge in [-0.1, -0.05) is 74.5 Å². The molecule has 2 aromatic heterocycles. The Morgan fingerprint density at radius 2 is 1.03 bits per heavy atom. The number of amides is 4. The first-order valence-corrected chi connectivity index (χ1v) is 26.0. The van der Waals surface area contributed by atoms with Crippen molar-refractivity contribution in [3.05, 3.63) is 142 Å². The van der Waals surface area contributed by atoms with Crippen molar-refractivity contribution in [2.75, 3.05) is 50.7 Å². The van der Waals surface area contributed by atoms with Crippen LogP contribution in [0.25, 0.3) is 0 Å². The van der Waals surface area contributed by atoms with E-state index < -0.39 is 12.1 Å². The summed E-state index contributed by atoms with van der Waals surface area (Å²) in [6, 6.07) is 27.9. The van der Waals surface area contributed by atoms with Crippen LogP contribution in [-0.2, 0) is 89.9 Å². The van der Waals surface area contributed by atoms with E-state index in [1.54, 1.807) is 73.7 Å². The predicted molar refractivity (Wildman–Crippen MR) is 289 cm³/mol. The first-order chi connectivity index (χ1) is 37.6. The number of esters is 2. The SMILES string of the molecule is CCOC(=O)Cc1c(C)nn(CC(=O)N[C@@H](Cc2ccccc2)C(=O)N(C)c2ccc3c(c2)OCO3)c1CC.CCOC(=O)Cc1c(CC)nn(CC(=O)N[C@@H](Cc2ccccc2)C(=O)N(C)c2ccc3c(c2)OCO3)c1C. The van der Waals surface area contributed by atoms with Crippen LogP contribution >= 0.6 is 0 Å². The minimum absolute atomic E-state index is 0.0842. The van der Waals surface area contributed by atoms with Gasteiger partial charge in [0.1, 0.15) is 25.2 Å². The van der Waals surface area contributed by atoms with E-state index in [1.807, 2.05) is 88.4 Å². The van der Waals surface area contributed by atoms with Gasteiger partial charge in [0, 0.05) is 73.0 Å². The van der Waals surface area contributed by atoms with E-state index in [2.05, 4.69) is 20.8 Å². The molecule has 2 aliphatic rings. The van der Waals surface area contributed by atoms with Gasteiger partial charge in [0.25, 0.3) is 0 Å². The van der Waals surface area contributed by atoms with Crippen molar-refractivity contribution in [3.63, 3.8) is 0 Å². The van der Waals surface area contributed by atoms with Gasteiger partial charge < -0.3 is 48.9 Å². The summed E-state index contributed by atoms with van der Waals surface area (Å²) in [5.74, 6) is 0.434. The number of anilines is 2. The largest absolute Gasteiger partial charge is 0.466 e. The molecule has 8 rings (SSSR count). The topological polar surface area (TPSA) is 224 Å². The number of hydrogen-bond donors (Lipinski definition) is 2. The lowest BCUT2D eigenvalue weighted by atomic mass is 10.0.